The van der Waals surface area contributed by atoms with Crippen LogP contribution in [0.25, 0.3) is 11.4 Å². The van der Waals surface area contributed by atoms with Crippen molar-refractivity contribution in [2.75, 3.05) is 32.8 Å². The van der Waals surface area contributed by atoms with Gasteiger partial charge in [0.05, 0.1) is 6.54 Å². The van der Waals surface area contributed by atoms with E-state index in [-0.39, 0.29) is 12.0 Å². The second-order valence-electron chi connectivity index (χ2n) is 6.98. The van der Waals surface area contributed by atoms with Crippen LogP contribution in [0.4, 0.5) is 0 Å². The molecule has 3 heterocycles. The fourth-order valence-electron chi connectivity index (χ4n) is 3.51. The number of amides is 1. The highest BCUT2D eigenvalue weighted by molar-refractivity contribution is 5.81. The van der Waals surface area contributed by atoms with Crippen molar-refractivity contribution in [3.05, 3.63) is 35.7 Å². The predicted molar refractivity (Wildman–Crippen MR) is 95.3 cm³/mol. The molecule has 2 aliphatic rings. The Morgan fingerprint density at radius 1 is 1.27 bits per heavy atom. The summed E-state index contributed by atoms with van der Waals surface area (Å²) in [5, 5.41) is 4.09. The van der Waals surface area contributed by atoms with E-state index in [2.05, 4.69) is 15.0 Å². The van der Waals surface area contributed by atoms with E-state index in [0.717, 1.165) is 44.6 Å². The molecule has 0 saturated carbocycles. The zero-order valence-corrected chi connectivity index (χ0v) is 15.1. The molecule has 7 nitrogen and oxygen atoms in total. The Morgan fingerprint density at radius 3 is 2.85 bits per heavy atom. The van der Waals surface area contributed by atoms with Crippen LogP contribution >= 0.6 is 0 Å². The minimum atomic E-state index is -0.227. The van der Waals surface area contributed by atoms with Crippen LogP contribution in [0.5, 0.6) is 0 Å². The lowest BCUT2D eigenvalue weighted by atomic mass is 10.1. The summed E-state index contributed by atoms with van der Waals surface area (Å²) in [7, 11) is 0. The number of aryl methyl sites for hydroxylation is 1. The van der Waals surface area contributed by atoms with Crippen LogP contribution in [0.2, 0.25) is 0 Å². The number of carbonyl (C=O) groups is 1. The Kier molecular flexibility index (Phi) is 4.99. The molecule has 0 aliphatic carbocycles. The number of ether oxygens (including phenoxy) is 1. The van der Waals surface area contributed by atoms with Crippen molar-refractivity contribution < 1.29 is 14.1 Å². The molecule has 2 saturated heterocycles. The van der Waals surface area contributed by atoms with Gasteiger partial charge < -0.3 is 14.2 Å². The molecule has 1 aromatic carbocycles. The van der Waals surface area contributed by atoms with Gasteiger partial charge >= 0.3 is 0 Å². The molecule has 1 amide bonds. The molecule has 0 radical (unpaired) electrons. The lowest BCUT2D eigenvalue weighted by molar-refractivity contribution is -0.142. The standard InChI is InChI=1S/C19H24N4O3/c1-14-4-2-5-15(12-14)18-20-17(26-21-18)13-22-7-9-23(10-8-22)19(24)16-6-3-11-25-16/h2,4-5,12,16H,3,6-11,13H2,1H3. The van der Waals surface area contributed by atoms with E-state index in [1.165, 1.54) is 5.56 Å². The lowest BCUT2D eigenvalue weighted by Crippen LogP contribution is -2.51. The van der Waals surface area contributed by atoms with Gasteiger partial charge in [-0.05, 0) is 25.8 Å². The first-order valence-electron chi connectivity index (χ1n) is 9.21. The van der Waals surface area contributed by atoms with Crippen molar-refractivity contribution in [2.45, 2.75) is 32.4 Å². The second-order valence-corrected chi connectivity index (χ2v) is 6.98. The third-order valence-corrected chi connectivity index (χ3v) is 4.99. The summed E-state index contributed by atoms with van der Waals surface area (Å²) in [6.07, 6.45) is 1.61. The number of aromatic nitrogens is 2. The largest absolute Gasteiger partial charge is 0.368 e. The van der Waals surface area contributed by atoms with E-state index in [1.807, 2.05) is 36.1 Å². The summed E-state index contributed by atoms with van der Waals surface area (Å²) in [5.41, 5.74) is 2.13. The first-order valence-corrected chi connectivity index (χ1v) is 9.21. The van der Waals surface area contributed by atoms with Crippen LogP contribution < -0.4 is 0 Å². The first-order chi connectivity index (χ1) is 12.7. The maximum absolute atomic E-state index is 12.4. The van der Waals surface area contributed by atoms with E-state index in [4.69, 9.17) is 9.26 Å². The summed E-state index contributed by atoms with van der Waals surface area (Å²) in [5.74, 6) is 1.37. The van der Waals surface area contributed by atoms with Crippen LogP contribution in [-0.4, -0.2) is 64.7 Å². The molecule has 1 atom stereocenters. The summed E-state index contributed by atoms with van der Waals surface area (Å²) in [6, 6.07) is 8.06. The Labute approximate surface area is 152 Å². The number of nitrogens with zero attached hydrogens (tertiary/aromatic N) is 4. The van der Waals surface area contributed by atoms with Crippen molar-refractivity contribution in [2.24, 2.45) is 0 Å². The summed E-state index contributed by atoms with van der Waals surface area (Å²) in [4.78, 5) is 21.1. The van der Waals surface area contributed by atoms with Gasteiger partial charge in [-0.1, -0.05) is 28.9 Å². The van der Waals surface area contributed by atoms with Crippen LogP contribution in [0.15, 0.2) is 28.8 Å². The molecule has 2 fully saturated rings. The highest BCUT2D eigenvalue weighted by Crippen LogP contribution is 2.19. The zero-order chi connectivity index (χ0) is 17.9. The second kappa shape index (κ2) is 7.55. The minimum Gasteiger partial charge on any atom is -0.368 e. The van der Waals surface area contributed by atoms with Crippen molar-refractivity contribution in [3.63, 3.8) is 0 Å². The minimum absolute atomic E-state index is 0.140. The molecule has 138 valence electrons. The fourth-order valence-corrected chi connectivity index (χ4v) is 3.51. The van der Waals surface area contributed by atoms with Gasteiger partial charge in [0.15, 0.2) is 0 Å². The van der Waals surface area contributed by atoms with Gasteiger partial charge in [-0.15, -0.1) is 0 Å². The van der Waals surface area contributed by atoms with E-state index in [1.54, 1.807) is 0 Å². The van der Waals surface area contributed by atoms with Gasteiger partial charge in [0.25, 0.3) is 5.91 Å². The number of hydrogen-bond acceptors (Lipinski definition) is 6. The molecule has 7 heteroatoms. The molecule has 0 N–H and O–H groups in total. The monoisotopic (exact) mass is 356 g/mol. The number of benzene rings is 1. The van der Waals surface area contributed by atoms with Gasteiger partial charge in [0.2, 0.25) is 11.7 Å². The molecule has 1 aromatic heterocycles. The number of rotatable bonds is 4. The van der Waals surface area contributed by atoms with Crippen LogP contribution in [0.1, 0.15) is 24.3 Å². The third-order valence-electron chi connectivity index (χ3n) is 4.99. The Hall–Kier alpha value is -2.25. The van der Waals surface area contributed by atoms with Crippen LogP contribution in [0, 0.1) is 6.92 Å². The maximum atomic E-state index is 12.4. The molecule has 1 unspecified atom stereocenters. The number of piperazine rings is 1. The quantitative estimate of drug-likeness (QED) is 0.833. The van der Waals surface area contributed by atoms with Crippen molar-refractivity contribution >= 4 is 5.91 Å². The van der Waals surface area contributed by atoms with Gasteiger partial charge in [-0.2, -0.15) is 4.98 Å². The maximum Gasteiger partial charge on any atom is 0.251 e. The fraction of sp³-hybridized carbons (Fsp3) is 0.526. The number of hydrogen-bond donors (Lipinski definition) is 0. The van der Waals surface area contributed by atoms with Gasteiger partial charge in [-0.25, -0.2) is 0 Å². The van der Waals surface area contributed by atoms with E-state index in [9.17, 15) is 4.79 Å². The zero-order valence-electron chi connectivity index (χ0n) is 15.1. The van der Waals surface area contributed by atoms with Crippen LogP contribution in [-0.2, 0) is 16.1 Å². The molecule has 26 heavy (non-hydrogen) atoms. The van der Waals surface area contributed by atoms with Gasteiger partial charge in [0.1, 0.15) is 6.10 Å². The summed E-state index contributed by atoms with van der Waals surface area (Å²) >= 11 is 0. The molecule has 2 aliphatic heterocycles. The lowest BCUT2D eigenvalue weighted by Gasteiger charge is -2.35. The van der Waals surface area contributed by atoms with E-state index in [0.29, 0.717) is 24.9 Å². The molecule has 0 spiro atoms. The predicted octanol–water partition coefficient (Wildman–Crippen LogP) is 1.87. The van der Waals surface area contributed by atoms with Gasteiger partial charge in [0, 0.05) is 38.3 Å². The van der Waals surface area contributed by atoms with Crippen molar-refractivity contribution in [1.29, 1.82) is 0 Å². The molecule has 0 bridgehead atoms. The van der Waals surface area contributed by atoms with Crippen molar-refractivity contribution in [3.8, 4) is 11.4 Å². The van der Waals surface area contributed by atoms with Crippen molar-refractivity contribution in [1.82, 2.24) is 19.9 Å². The summed E-state index contributed by atoms with van der Waals surface area (Å²) in [6.45, 7) is 6.41. The highest BCUT2D eigenvalue weighted by atomic mass is 16.5. The van der Waals surface area contributed by atoms with E-state index < -0.39 is 0 Å². The third kappa shape index (κ3) is 3.78. The number of carbonyl (C=O) groups excluding carboxylic acids is 1. The molecule has 2 aromatic rings. The SMILES string of the molecule is Cc1cccc(-c2noc(CN3CCN(C(=O)C4CCCO4)CC3)n2)c1. The molecular formula is C19H24N4O3. The average molecular weight is 356 g/mol. The Morgan fingerprint density at radius 2 is 2.12 bits per heavy atom. The Balaban J connectivity index is 1.31. The van der Waals surface area contributed by atoms with Gasteiger partial charge in [-0.3, -0.25) is 9.69 Å². The topological polar surface area (TPSA) is 71.7 Å². The average Bonchev–Trinajstić information content (AvgIpc) is 3.34. The molecular weight excluding hydrogens is 332 g/mol. The first kappa shape index (κ1) is 17.2. The Bertz CT molecular complexity index is 762. The summed E-state index contributed by atoms with van der Waals surface area (Å²) < 4.78 is 10.9. The molecule has 4 rings (SSSR count). The normalized spacial score (nSPS) is 21.3. The van der Waals surface area contributed by atoms with Crippen LogP contribution in [0.3, 0.4) is 0 Å². The van der Waals surface area contributed by atoms with E-state index >= 15 is 0 Å². The smallest absolute Gasteiger partial charge is 0.251 e. The highest BCUT2D eigenvalue weighted by Gasteiger charge is 2.30.